The first kappa shape index (κ1) is 13.9. The fraction of sp³-hybridized carbons (Fsp3) is 0.462. The summed E-state index contributed by atoms with van der Waals surface area (Å²) in [6.07, 6.45) is 1.90. The molecule has 3 nitrogen and oxygen atoms in total. The van der Waals surface area contributed by atoms with Gasteiger partial charge in [0.15, 0.2) is 0 Å². The maximum absolute atomic E-state index is 11.6. The van der Waals surface area contributed by atoms with Crippen molar-refractivity contribution in [2.75, 3.05) is 5.75 Å². The van der Waals surface area contributed by atoms with Crippen LogP contribution in [0.25, 0.3) is 0 Å². The molecule has 0 aromatic heterocycles. The largest absolute Gasteiger partial charge is 0.507 e. The van der Waals surface area contributed by atoms with Crippen LogP contribution in [0, 0.1) is 0 Å². The monoisotopic (exact) mass is 253 g/mol. The number of aromatic hydroxyl groups is 1. The number of para-hydroxylation sites is 1. The molecule has 0 fully saturated rings. The molecule has 1 aromatic carbocycles. The summed E-state index contributed by atoms with van der Waals surface area (Å²) in [5, 5.41) is 12.5. The number of benzene rings is 1. The lowest BCUT2D eigenvalue weighted by Crippen LogP contribution is -2.34. The number of nitrogens with one attached hydrogen (secondary N) is 1. The molecule has 1 aromatic rings. The van der Waals surface area contributed by atoms with Crippen molar-refractivity contribution in [3.05, 3.63) is 24.3 Å². The van der Waals surface area contributed by atoms with Gasteiger partial charge in [-0.3, -0.25) is 4.79 Å². The second-order valence-electron chi connectivity index (χ2n) is 3.84. The number of phenols is 1. The van der Waals surface area contributed by atoms with Gasteiger partial charge in [-0.25, -0.2) is 0 Å². The summed E-state index contributed by atoms with van der Waals surface area (Å²) in [5.41, 5.74) is 0. The number of phenolic OH excluding ortho intramolecular Hbond substituents is 1. The van der Waals surface area contributed by atoms with Crippen molar-refractivity contribution in [1.82, 2.24) is 5.32 Å². The number of hydrogen-bond acceptors (Lipinski definition) is 3. The number of amides is 1. The number of carbonyl (C=O) groups is 1. The Morgan fingerprint density at radius 3 is 2.59 bits per heavy atom. The molecule has 94 valence electrons. The van der Waals surface area contributed by atoms with Crippen molar-refractivity contribution < 1.29 is 9.90 Å². The first-order valence-corrected chi connectivity index (χ1v) is 6.86. The van der Waals surface area contributed by atoms with Gasteiger partial charge >= 0.3 is 0 Å². The molecule has 0 saturated heterocycles. The fourth-order valence-electron chi connectivity index (χ4n) is 1.48. The van der Waals surface area contributed by atoms with Gasteiger partial charge in [0.05, 0.1) is 5.75 Å². The Bertz CT molecular complexity index is 364. The molecule has 0 heterocycles. The molecule has 0 aliphatic heterocycles. The third-order valence-corrected chi connectivity index (χ3v) is 3.64. The predicted octanol–water partition coefficient (Wildman–Crippen LogP) is 2.79. The van der Waals surface area contributed by atoms with E-state index in [1.54, 1.807) is 12.1 Å². The van der Waals surface area contributed by atoms with Gasteiger partial charge in [-0.1, -0.05) is 26.0 Å². The lowest BCUT2D eigenvalue weighted by molar-refractivity contribution is -0.119. The van der Waals surface area contributed by atoms with Crippen LogP contribution < -0.4 is 5.32 Å². The lowest BCUT2D eigenvalue weighted by Gasteiger charge is -2.14. The van der Waals surface area contributed by atoms with E-state index >= 15 is 0 Å². The Morgan fingerprint density at radius 1 is 1.35 bits per heavy atom. The Morgan fingerprint density at radius 2 is 2.00 bits per heavy atom. The summed E-state index contributed by atoms with van der Waals surface area (Å²) in [5.74, 6) is 0.591. The lowest BCUT2D eigenvalue weighted by atomic mass is 10.2. The summed E-state index contributed by atoms with van der Waals surface area (Å²) < 4.78 is 0. The van der Waals surface area contributed by atoms with Crippen LogP contribution in [-0.2, 0) is 4.79 Å². The number of rotatable bonds is 6. The molecule has 0 bridgehead atoms. The maximum Gasteiger partial charge on any atom is 0.230 e. The quantitative estimate of drug-likeness (QED) is 0.766. The van der Waals surface area contributed by atoms with Crippen molar-refractivity contribution in [2.45, 2.75) is 37.6 Å². The van der Waals surface area contributed by atoms with E-state index in [4.69, 9.17) is 0 Å². The zero-order valence-corrected chi connectivity index (χ0v) is 11.1. The molecule has 0 atom stereocenters. The summed E-state index contributed by atoms with van der Waals surface area (Å²) in [6.45, 7) is 4.12. The van der Waals surface area contributed by atoms with Crippen LogP contribution in [0.4, 0.5) is 0 Å². The smallest absolute Gasteiger partial charge is 0.230 e. The molecular formula is C13H19NO2S. The highest BCUT2D eigenvalue weighted by molar-refractivity contribution is 8.00. The first-order chi connectivity index (χ1) is 8.17. The zero-order valence-electron chi connectivity index (χ0n) is 10.3. The van der Waals surface area contributed by atoms with E-state index in [9.17, 15) is 9.90 Å². The standard InChI is InChI=1S/C13H19NO2S/c1-3-10(4-2)14-13(16)9-17-12-8-6-5-7-11(12)15/h5-8,10,15H,3-4,9H2,1-2H3,(H,14,16). The molecule has 0 aliphatic rings. The van der Waals surface area contributed by atoms with Gasteiger partial charge in [0, 0.05) is 10.9 Å². The molecule has 0 unspecified atom stereocenters. The van der Waals surface area contributed by atoms with Crippen LogP contribution in [0.5, 0.6) is 5.75 Å². The van der Waals surface area contributed by atoms with E-state index in [-0.39, 0.29) is 17.7 Å². The highest BCUT2D eigenvalue weighted by atomic mass is 32.2. The number of hydrogen-bond donors (Lipinski definition) is 2. The minimum Gasteiger partial charge on any atom is -0.507 e. The van der Waals surface area contributed by atoms with Crippen LogP contribution in [-0.4, -0.2) is 22.8 Å². The third-order valence-electron chi connectivity index (χ3n) is 2.57. The van der Waals surface area contributed by atoms with E-state index in [1.807, 2.05) is 12.1 Å². The average molecular weight is 253 g/mol. The van der Waals surface area contributed by atoms with Crippen LogP contribution in [0.2, 0.25) is 0 Å². The molecule has 0 spiro atoms. The van der Waals surface area contributed by atoms with E-state index in [1.165, 1.54) is 11.8 Å². The molecule has 0 radical (unpaired) electrons. The maximum atomic E-state index is 11.6. The van der Waals surface area contributed by atoms with Gasteiger partial charge in [0.25, 0.3) is 0 Å². The van der Waals surface area contributed by atoms with Gasteiger partial charge in [0.1, 0.15) is 5.75 Å². The zero-order chi connectivity index (χ0) is 12.7. The van der Waals surface area contributed by atoms with Crippen molar-refractivity contribution in [2.24, 2.45) is 0 Å². The topological polar surface area (TPSA) is 49.3 Å². The van der Waals surface area contributed by atoms with Crippen LogP contribution in [0.3, 0.4) is 0 Å². The van der Waals surface area contributed by atoms with Crippen molar-refractivity contribution >= 4 is 17.7 Å². The summed E-state index contributed by atoms with van der Waals surface area (Å²) in [7, 11) is 0. The summed E-state index contributed by atoms with van der Waals surface area (Å²) in [6, 6.07) is 7.31. The van der Waals surface area contributed by atoms with Crippen LogP contribution in [0.1, 0.15) is 26.7 Å². The Labute approximate surface area is 107 Å². The third kappa shape index (κ3) is 4.69. The minimum atomic E-state index is 0.0203. The molecule has 0 aliphatic carbocycles. The molecule has 0 saturated carbocycles. The fourth-order valence-corrected chi connectivity index (χ4v) is 2.25. The second-order valence-corrected chi connectivity index (χ2v) is 4.85. The van der Waals surface area contributed by atoms with Gasteiger partial charge in [-0.2, -0.15) is 0 Å². The van der Waals surface area contributed by atoms with E-state index in [0.29, 0.717) is 5.75 Å². The molecule has 4 heteroatoms. The number of carbonyl (C=O) groups excluding carboxylic acids is 1. The Kier molecular flexibility index (Phi) is 5.91. The SMILES string of the molecule is CCC(CC)NC(=O)CSc1ccccc1O. The normalized spacial score (nSPS) is 10.5. The highest BCUT2D eigenvalue weighted by Gasteiger charge is 2.09. The molecule has 2 N–H and O–H groups in total. The number of thioether (sulfide) groups is 1. The molecular weight excluding hydrogens is 234 g/mol. The first-order valence-electron chi connectivity index (χ1n) is 5.87. The van der Waals surface area contributed by atoms with Crippen molar-refractivity contribution in [1.29, 1.82) is 0 Å². The molecule has 1 amide bonds. The van der Waals surface area contributed by atoms with E-state index < -0.39 is 0 Å². The molecule has 1 rings (SSSR count). The average Bonchev–Trinajstić information content (AvgIpc) is 2.35. The van der Waals surface area contributed by atoms with Gasteiger partial charge in [-0.05, 0) is 25.0 Å². The predicted molar refractivity (Wildman–Crippen MR) is 71.3 cm³/mol. The Hall–Kier alpha value is -1.16. The summed E-state index contributed by atoms with van der Waals surface area (Å²) >= 11 is 1.36. The van der Waals surface area contributed by atoms with Crippen LogP contribution >= 0.6 is 11.8 Å². The van der Waals surface area contributed by atoms with Crippen LogP contribution in [0.15, 0.2) is 29.2 Å². The Balaban J connectivity index is 2.41. The summed E-state index contributed by atoms with van der Waals surface area (Å²) in [4.78, 5) is 12.4. The van der Waals surface area contributed by atoms with Gasteiger partial charge in [0.2, 0.25) is 5.91 Å². The van der Waals surface area contributed by atoms with Crippen molar-refractivity contribution in [3.63, 3.8) is 0 Å². The van der Waals surface area contributed by atoms with E-state index in [0.717, 1.165) is 17.7 Å². The second kappa shape index (κ2) is 7.22. The highest BCUT2D eigenvalue weighted by Crippen LogP contribution is 2.27. The van der Waals surface area contributed by atoms with E-state index in [2.05, 4.69) is 19.2 Å². The van der Waals surface area contributed by atoms with Gasteiger partial charge in [-0.15, -0.1) is 11.8 Å². The minimum absolute atomic E-state index is 0.0203. The molecule has 17 heavy (non-hydrogen) atoms. The van der Waals surface area contributed by atoms with Crippen molar-refractivity contribution in [3.8, 4) is 5.75 Å². The van der Waals surface area contributed by atoms with Gasteiger partial charge < -0.3 is 10.4 Å².